The van der Waals surface area contributed by atoms with Gasteiger partial charge in [0.2, 0.25) is 0 Å². The first-order valence-electron chi connectivity index (χ1n) is 8.70. The lowest BCUT2D eigenvalue weighted by atomic mass is 10.0. The molecule has 0 saturated carbocycles. The Kier molecular flexibility index (Phi) is 3.75. The number of fused-ring (bicyclic) bond motifs is 2. The third-order valence-electron chi connectivity index (χ3n) is 4.98. The van der Waals surface area contributed by atoms with Crippen LogP contribution in [0, 0.1) is 5.92 Å². The van der Waals surface area contributed by atoms with E-state index in [4.69, 9.17) is 0 Å². The fraction of sp³-hybridized carbons (Fsp3) is 0.500. The molecule has 0 bridgehead atoms. The Morgan fingerprint density at radius 1 is 1.36 bits per heavy atom. The largest absolute Gasteiger partial charge is 0.381 e. The van der Waals surface area contributed by atoms with Gasteiger partial charge in [-0.25, -0.2) is 0 Å². The zero-order chi connectivity index (χ0) is 17.8. The van der Waals surface area contributed by atoms with Crippen LogP contribution in [-0.4, -0.2) is 46.6 Å². The van der Waals surface area contributed by atoms with Crippen LogP contribution in [0.3, 0.4) is 0 Å². The van der Waals surface area contributed by atoms with Gasteiger partial charge in [-0.05, 0) is 50.3 Å². The Morgan fingerprint density at radius 3 is 2.88 bits per heavy atom. The Labute approximate surface area is 147 Å². The molecule has 1 saturated heterocycles. The third kappa shape index (κ3) is 2.99. The molecule has 25 heavy (non-hydrogen) atoms. The van der Waals surface area contributed by atoms with E-state index in [0.717, 1.165) is 16.8 Å². The van der Waals surface area contributed by atoms with E-state index >= 15 is 0 Å². The highest BCUT2D eigenvalue weighted by atomic mass is 16.3. The molecule has 0 radical (unpaired) electrons. The minimum atomic E-state index is -1.35. The lowest BCUT2D eigenvalue weighted by Gasteiger charge is -2.40. The van der Waals surface area contributed by atoms with Gasteiger partial charge in [-0.2, -0.15) is 0 Å². The van der Waals surface area contributed by atoms with E-state index in [1.807, 2.05) is 12.4 Å². The molecule has 4 rings (SSSR count). The van der Waals surface area contributed by atoms with E-state index in [-0.39, 0.29) is 24.4 Å². The summed E-state index contributed by atoms with van der Waals surface area (Å²) in [7, 11) is 0. The van der Waals surface area contributed by atoms with Crippen molar-refractivity contribution in [2.75, 3.05) is 6.54 Å². The predicted molar refractivity (Wildman–Crippen MR) is 94.5 cm³/mol. The molecule has 5 N–H and O–H groups in total. The molecule has 4 atom stereocenters. The fourth-order valence-electron chi connectivity index (χ4n) is 3.76. The summed E-state index contributed by atoms with van der Waals surface area (Å²) >= 11 is 0. The smallest absolute Gasteiger partial charge is 0.258 e. The number of aliphatic hydroxyl groups is 1. The molecule has 7 nitrogen and oxygen atoms in total. The van der Waals surface area contributed by atoms with E-state index in [1.165, 1.54) is 13.8 Å². The molecular weight excluding hydrogens is 318 g/mol. The van der Waals surface area contributed by atoms with Crippen molar-refractivity contribution in [3.63, 3.8) is 0 Å². The zero-order valence-corrected chi connectivity index (χ0v) is 14.7. The Hall–Kier alpha value is -2.09. The maximum absolute atomic E-state index is 12.2. The first-order chi connectivity index (χ1) is 11.8. The predicted octanol–water partition coefficient (Wildman–Crippen LogP) is -0.179. The topological polar surface area (TPSA) is 88.7 Å². The highest BCUT2D eigenvalue weighted by Crippen LogP contribution is 2.31. The fourth-order valence-corrected chi connectivity index (χ4v) is 3.76. The summed E-state index contributed by atoms with van der Waals surface area (Å²) in [5.74, 6) is 0.0373. The van der Waals surface area contributed by atoms with Gasteiger partial charge in [0.25, 0.3) is 5.91 Å². The monoisotopic (exact) mass is 343 g/mol. The molecule has 0 aromatic rings. The number of nitrogens with one attached hydrogen (secondary N) is 4. The van der Waals surface area contributed by atoms with Crippen LogP contribution in [0.25, 0.3) is 0 Å². The van der Waals surface area contributed by atoms with Crippen LogP contribution in [0.2, 0.25) is 0 Å². The lowest BCUT2D eigenvalue weighted by molar-refractivity contribution is -0.144. The first kappa shape index (κ1) is 16.4. The van der Waals surface area contributed by atoms with Crippen LogP contribution in [-0.2, 0) is 4.79 Å². The van der Waals surface area contributed by atoms with Gasteiger partial charge in [0, 0.05) is 17.8 Å². The van der Waals surface area contributed by atoms with Crippen molar-refractivity contribution in [3.05, 3.63) is 47.5 Å². The van der Waals surface area contributed by atoms with Gasteiger partial charge in [0.1, 0.15) is 5.60 Å². The lowest BCUT2D eigenvalue weighted by Crippen LogP contribution is -2.67. The minimum absolute atomic E-state index is 0.129. The molecule has 3 aliphatic heterocycles. The molecule has 4 aliphatic rings. The van der Waals surface area contributed by atoms with Crippen molar-refractivity contribution in [2.24, 2.45) is 5.92 Å². The highest BCUT2D eigenvalue weighted by molar-refractivity contribution is 5.86. The number of amides is 1. The molecule has 0 aromatic heterocycles. The van der Waals surface area contributed by atoms with Crippen molar-refractivity contribution in [1.82, 2.24) is 26.2 Å². The van der Waals surface area contributed by atoms with E-state index in [1.54, 1.807) is 4.90 Å². The average Bonchev–Trinajstić information content (AvgIpc) is 3.18. The molecule has 1 amide bonds. The van der Waals surface area contributed by atoms with Gasteiger partial charge in [0.05, 0.1) is 25.0 Å². The number of nitrogens with zero attached hydrogens (tertiary/aromatic N) is 1. The summed E-state index contributed by atoms with van der Waals surface area (Å²) < 4.78 is 0. The van der Waals surface area contributed by atoms with E-state index in [9.17, 15) is 9.90 Å². The molecule has 7 heteroatoms. The molecule has 1 aliphatic carbocycles. The van der Waals surface area contributed by atoms with Gasteiger partial charge < -0.3 is 20.6 Å². The minimum Gasteiger partial charge on any atom is -0.381 e. The van der Waals surface area contributed by atoms with Crippen molar-refractivity contribution in [2.45, 2.75) is 44.9 Å². The Morgan fingerprint density at radius 2 is 2.16 bits per heavy atom. The molecular formula is C18H25N5O2. The summed E-state index contributed by atoms with van der Waals surface area (Å²) in [6.07, 6.45) is 10.7. The van der Waals surface area contributed by atoms with Crippen LogP contribution in [0.15, 0.2) is 47.5 Å². The summed E-state index contributed by atoms with van der Waals surface area (Å²) in [4.78, 5) is 13.8. The number of hydrogen-bond donors (Lipinski definition) is 5. The van der Waals surface area contributed by atoms with Crippen molar-refractivity contribution < 1.29 is 9.90 Å². The Bertz CT molecular complexity index is 715. The van der Waals surface area contributed by atoms with Crippen LogP contribution in [0.1, 0.15) is 20.8 Å². The molecule has 3 heterocycles. The van der Waals surface area contributed by atoms with Crippen LogP contribution in [0.4, 0.5) is 0 Å². The highest BCUT2D eigenvalue weighted by Gasteiger charge is 2.37. The molecule has 0 aromatic carbocycles. The van der Waals surface area contributed by atoms with Crippen LogP contribution < -0.4 is 21.3 Å². The first-order valence-corrected chi connectivity index (χ1v) is 8.70. The molecule has 0 spiro atoms. The van der Waals surface area contributed by atoms with Crippen molar-refractivity contribution in [1.29, 1.82) is 0 Å². The molecule has 1 fully saturated rings. The zero-order valence-electron chi connectivity index (χ0n) is 14.7. The number of rotatable bonds is 3. The second kappa shape index (κ2) is 5.72. The number of allylic oxidation sites excluding steroid dienone is 2. The van der Waals surface area contributed by atoms with E-state index < -0.39 is 5.60 Å². The second-order valence-electron chi connectivity index (χ2n) is 7.60. The summed E-state index contributed by atoms with van der Waals surface area (Å²) in [5, 5.41) is 23.8. The quantitative estimate of drug-likeness (QED) is 0.489. The SMILES string of the molecule is CC1NC2NC=CC2C(NC2=CC3=CN(C(=O)C(C)(C)O)CC3=C2)N1. The van der Waals surface area contributed by atoms with E-state index in [2.05, 4.69) is 46.4 Å². The summed E-state index contributed by atoms with van der Waals surface area (Å²) in [6.45, 7) is 5.64. The van der Waals surface area contributed by atoms with Gasteiger partial charge >= 0.3 is 0 Å². The maximum atomic E-state index is 12.2. The van der Waals surface area contributed by atoms with Gasteiger partial charge in [-0.1, -0.05) is 6.08 Å². The normalized spacial score (nSPS) is 33.3. The molecule has 134 valence electrons. The number of carbonyl (C=O) groups excluding carboxylic acids is 1. The van der Waals surface area contributed by atoms with Crippen LogP contribution >= 0.6 is 0 Å². The van der Waals surface area contributed by atoms with Gasteiger partial charge in [0.15, 0.2) is 0 Å². The van der Waals surface area contributed by atoms with Crippen molar-refractivity contribution >= 4 is 5.91 Å². The number of carbonyl (C=O) groups is 1. The van der Waals surface area contributed by atoms with E-state index in [0.29, 0.717) is 12.5 Å². The average molecular weight is 343 g/mol. The van der Waals surface area contributed by atoms with Gasteiger partial charge in [-0.3, -0.25) is 15.4 Å². The number of hydrogen-bond acceptors (Lipinski definition) is 6. The van der Waals surface area contributed by atoms with Crippen LogP contribution in [0.5, 0.6) is 0 Å². The Balaban J connectivity index is 1.46. The summed E-state index contributed by atoms with van der Waals surface area (Å²) in [5.41, 5.74) is 1.81. The standard InChI is InChI=1S/C18H25N5O2/c1-10-20-15-14(4-5-19-15)16(21-10)22-13-6-11-8-23(9-12(11)7-13)17(24)18(2,3)25/h4-8,10,14-16,19-22,25H,9H2,1-3H3. The van der Waals surface area contributed by atoms with Gasteiger partial charge in [-0.15, -0.1) is 0 Å². The third-order valence-corrected chi connectivity index (χ3v) is 4.98. The van der Waals surface area contributed by atoms with Crippen molar-refractivity contribution in [3.8, 4) is 0 Å². The second-order valence-corrected chi connectivity index (χ2v) is 7.60. The maximum Gasteiger partial charge on any atom is 0.258 e. The summed E-state index contributed by atoms with van der Waals surface area (Å²) in [6, 6.07) is 0. The molecule has 4 unspecified atom stereocenters.